The zero-order valence-corrected chi connectivity index (χ0v) is 13.2. The third-order valence-corrected chi connectivity index (χ3v) is 9.10. The maximum absolute atomic E-state index is 5.93. The highest BCUT2D eigenvalue weighted by Gasteiger charge is 2.20. The van der Waals surface area contributed by atoms with Crippen LogP contribution >= 0.6 is 54.8 Å². The summed E-state index contributed by atoms with van der Waals surface area (Å²) in [4.78, 5) is 2.72. The molecule has 0 nitrogen and oxygen atoms in total. The van der Waals surface area contributed by atoms with Crippen molar-refractivity contribution in [1.29, 1.82) is 0 Å². The largest absolute Gasteiger partial charge is 0.0965 e. The molecule has 2 aromatic carbocycles. The van der Waals surface area contributed by atoms with Crippen LogP contribution in [0.2, 0.25) is 5.02 Å². The minimum atomic E-state index is 0.435. The van der Waals surface area contributed by atoms with Gasteiger partial charge < -0.3 is 0 Å². The van der Waals surface area contributed by atoms with E-state index in [0.717, 1.165) is 5.02 Å². The van der Waals surface area contributed by atoms with E-state index in [4.69, 9.17) is 11.6 Å². The van der Waals surface area contributed by atoms with Crippen molar-refractivity contribution in [2.24, 2.45) is 0 Å². The molecule has 0 fully saturated rings. The molecule has 0 bridgehead atoms. The fourth-order valence-corrected chi connectivity index (χ4v) is 8.38. The van der Waals surface area contributed by atoms with Gasteiger partial charge in [0.1, 0.15) is 0 Å². The summed E-state index contributed by atoms with van der Waals surface area (Å²) in [5.41, 5.74) is 1.32. The maximum atomic E-state index is 5.93. The predicted octanol–water partition coefficient (Wildman–Crippen LogP) is 6.53. The Kier molecular flexibility index (Phi) is 4.42. The van der Waals surface area contributed by atoms with Crippen molar-refractivity contribution in [3.63, 3.8) is 0 Å². The van der Waals surface area contributed by atoms with Crippen LogP contribution in [0.25, 0.3) is 0 Å². The minimum absolute atomic E-state index is 0.435. The smallest absolute Gasteiger partial charge is 0.0843 e. The lowest BCUT2D eigenvalue weighted by Gasteiger charge is -2.11. The van der Waals surface area contributed by atoms with Crippen LogP contribution in [-0.4, -0.2) is 0 Å². The third-order valence-electron chi connectivity index (χ3n) is 2.44. The molecule has 0 saturated heterocycles. The molecular weight excluding hydrogens is 320 g/mol. The highest BCUT2D eigenvalue weighted by Crippen LogP contribution is 2.59. The molecule has 1 aliphatic rings. The normalized spacial score (nSPS) is 16.1. The Labute approximate surface area is 127 Å². The summed E-state index contributed by atoms with van der Waals surface area (Å²) < 4.78 is 0.435. The van der Waals surface area contributed by atoms with Gasteiger partial charge in [-0.25, -0.2) is 0 Å². The Bertz CT molecular complexity index is 514. The lowest BCUT2D eigenvalue weighted by atomic mass is 10.2. The van der Waals surface area contributed by atoms with Crippen LogP contribution in [0, 0.1) is 0 Å². The van der Waals surface area contributed by atoms with Crippen LogP contribution in [0.15, 0.2) is 58.3 Å². The van der Waals surface area contributed by atoms with E-state index in [-0.39, 0.29) is 0 Å². The van der Waals surface area contributed by atoms with Gasteiger partial charge in [-0.3, -0.25) is 0 Å². The Morgan fingerprint density at radius 3 is 1.89 bits per heavy atom. The molecule has 0 spiro atoms. The Balaban J connectivity index is 1.80. The summed E-state index contributed by atoms with van der Waals surface area (Å²) in [6, 6.07) is 16.7. The van der Waals surface area contributed by atoms with Crippen molar-refractivity contribution in [3.05, 3.63) is 59.1 Å². The summed E-state index contributed by atoms with van der Waals surface area (Å²) >= 11 is 5.93. The molecule has 0 radical (unpaired) electrons. The topological polar surface area (TPSA) is 0 Å². The fraction of sp³-hybridized carbons (Fsp3) is 0.0769. The van der Waals surface area contributed by atoms with Gasteiger partial charge in [-0.15, -0.1) is 0 Å². The lowest BCUT2D eigenvalue weighted by molar-refractivity contribution is 1.27. The van der Waals surface area contributed by atoms with E-state index in [1.807, 2.05) is 55.3 Å². The first-order chi connectivity index (χ1) is 8.83. The zero-order valence-electron chi connectivity index (χ0n) is 9.21. The molecule has 18 heavy (non-hydrogen) atoms. The molecule has 0 N–H and O–H groups in total. The van der Waals surface area contributed by atoms with Crippen molar-refractivity contribution < 1.29 is 0 Å². The molecule has 3 rings (SSSR count). The third kappa shape index (κ3) is 2.99. The first kappa shape index (κ1) is 13.1. The van der Waals surface area contributed by atoms with Gasteiger partial charge >= 0.3 is 0 Å². The first-order valence-electron chi connectivity index (χ1n) is 5.34. The highest BCUT2D eigenvalue weighted by molar-refractivity contribution is 8.86. The monoisotopic (exact) mass is 328 g/mol. The average Bonchev–Trinajstić information content (AvgIpc) is 2.62. The summed E-state index contributed by atoms with van der Waals surface area (Å²) in [6.45, 7) is 0. The van der Waals surface area contributed by atoms with Crippen molar-refractivity contribution >= 4 is 54.8 Å². The summed E-state index contributed by atoms with van der Waals surface area (Å²) in [7, 11) is 7.52. The summed E-state index contributed by atoms with van der Waals surface area (Å²) in [5, 5.41) is 0.797. The van der Waals surface area contributed by atoms with Crippen LogP contribution < -0.4 is 0 Å². The van der Waals surface area contributed by atoms with Gasteiger partial charge in [0.2, 0.25) is 0 Å². The van der Waals surface area contributed by atoms with E-state index in [0.29, 0.717) is 4.58 Å². The quantitative estimate of drug-likeness (QED) is 0.545. The van der Waals surface area contributed by atoms with Crippen LogP contribution in [0.1, 0.15) is 10.1 Å². The number of hydrogen-bond acceptors (Lipinski definition) is 4. The molecule has 0 unspecified atom stereocenters. The van der Waals surface area contributed by atoms with E-state index >= 15 is 0 Å². The lowest BCUT2D eigenvalue weighted by Crippen LogP contribution is -1.83. The second-order valence-electron chi connectivity index (χ2n) is 3.69. The Morgan fingerprint density at radius 2 is 1.33 bits per heavy atom. The van der Waals surface area contributed by atoms with Crippen molar-refractivity contribution in [1.82, 2.24) is 0 Å². The average molecular weight is 329 g/mol. The predicted molar refractivity (Wildman–Crippen MR) is 87.5 cm³/mol. The van der Waals surface area contributed by atoms with Crippen molar-refractivity contribution in [3.8, 4) is 0 Å². The van der Waals surface area contributed by atoms with Gasteiger partial charge in [-0.2, -0.15) is 0 Å². The molecule has 92 valence electrons. The highest BCUT2D eigenvalue weighted by atomic mass is 35.5. The standard InChI is InChI=1S/C13H9ClS4/c14-10-7-5-9(6-8-10)13-17-15-11-3-1-2-4-12(11)16-18-13/h1-8,13H. The van der Waals surface area contributed by atoms with Gasteiger partial charge in [0.25, 0.3) is 0 Å². The van der Waals surface area contributed by atoms with E-state index in [9.17, 15) is 0 Å². The number of halogens is 1. The van der Waals surface area contributed by atoms with Crippen molar-refractivity contribution in [2.75, 3.05) is 0 Å². The Hall–Kier alpha value is 0.130. The number of hydrogen-bond donors (Lipinski definition) is 0. The molecule has 5 heteroatoms. The van der Waals surface area contributed by atoms with E-state index in [1.54, 1.807) is 0 Å². The second-order valence-corrected chi connectivity index (χ2v) is 9.12. The van der Waals surface area contributed by atoms with E-state index in [2.05, 4.69) is 36.4 Å². The van der Waals surface area contributed by atoms with Gasteiger partial charge in [-0.05, 0) is 29.8 Å². The first-order valence-corrected chi connectivity index (χ1v) is 10.1. The molecule has 0 aliphatic carbocycles. The summed E-state index contributed by atoms with van der Waals surface area (Å²) in [6.07, 6.45) is 0. The molecule has 1 heterocycles. The molecule has 0 atom stereocenters. The van der Waals surface area contributed by atoms with Crippen LogP contribution in [-0.2, 0) is 0 Å². The van der Waals surface area contributed by atoms with Gasteiger partial charge in [0.15, 0.2) is 0 Å². The second kappa shape index (κ2) is 6.06. The van der Waals surface area contributed by atoms with Gasteiger partial charge in [-0.1, -0.05) is 79.0 Å². The molecule has 0 amide bonds. The molecule has 0 aromatic heterocycles. The van der Waals surface area contributed by atoms with E-state index < -0.39 is 0 Å². The fourth-order valence-electron chi connectivity index (χ4n) is 1.53. The maximum Gasteiger partial charge on any atom is 0.0965 e. The van der Waals surface area contributed by atoms with Crippen LogP contribution in [0.4, 0.5) is 0 Å². The molecular formula is C13H9ClS4. The number of rotatable bonds is 1. The van der Waals surface area contributed by atoms with Crippen molar-refractivity contribution in [2.45, 2.75) is 14.4 Å². The molecule has 0 saturated carbocycles. The minimum Gasteiger partial charge on any atom is -0.0843 e. The van der Waals surface area contributed by atoms with Crippen LogP contribution in [0.5, 0.6) is 0 Å². The Morgan fingerprint density at radius 1 is 0.778 bits per heavy atom. The number of fused-ring (bicyclic) bond motifs is 1. The zero-order chi connectivity index (χ0) is 12.4. The van der Waals surface area contributed by atoms with Gasteiger partial charge in [0.05, 0.1) is 4.58 Å². The number of benzene rings is 2. The SMILES string of the molecule is Clc1ccc(C2SSc3ccccc3SS2)cc1. The molecule has 2 aromatic rings. The van der Waals surface area contributed by atoms with E-state index in [1.165, 1.54) is 15.4 Å². The molecule has 1 aliphatic heterocycles. The van der Waals surface area contributed by atoms with Gasteiger partial charge in [0, 0.05) is 14.8 Å². The summed E-state index contributed by atoms with van der Waals surface area (Å²) in [5.74, 6) is 0. The van der Waals surface area contributed by atoms with Crippen LogP contribution in [0.3, 0.4) is 0 Å².